The molecule has 0 saturated heterocycles. The first-order chi connectivity index (χ1) is 8.51. The maximum Gasteiger partial charge on any atom is 0.451 e. The van der Waals surface area contributed by atoms with E-state index in [4.69, 9.17) is 31.1 Å². The predicted octanol–water partition coefficient (Wildman–Crippen LogP) is -0.499. The molecule has 1 aliphatic rings. The number of hydrogen-bond acceptors (Lipinski definition) is 6. The van der Waals surface area contributed by atoms with Crippen LogP contribution in [0.5, 0.6) is 0 Å². The van der Waals surface area contributed by atoms with Crippen LogP contribution in [0.2, 0.25) is 6.32 Å². The third-order valence-electron chi connectivity index (χ3n) is 3.37. The molecule has 1 aliphatic carbocycles. The number of hydrogen-bond donors (Lipinski definition) is 4. The van der Waals surface area contributed by atoms with Gasteiger partial charge in [-0.25, -0.2) is 0 Å². The first-order valence-electron chi connectivity index (χ1n) is 6.37. The van der Waals surface area contributed by atoms with Gasteiger partial charge in [-0.1, -0.05) is 12.8 Å². The summed E-state index contributed by atoms with van der Waals surface area (Å²) in [5.74, 6) is 0.582. The molecule has 1 unspecified atom stereocenters. The molecule has 0 radical (unpaired) electrons. The van der Waals surface area contributed by atoms with Gasteiger partial charge in [-0.3, -0.25) is 0 Å². The molecule has 0 aliphatic heterocycles. The van der Waals surface area contributed by atoms with Crippen LogP contribution in [0.4, 0.5) is 0 Å². The minimum Gasteiger partial charge on any atom is -0.427 e. The lowest BCUT2D eigenvalue weighted by atomic mass is 9.82. The van der Waals surface area contributed by atoms with Gasteiger partial charge in [0.1, 0.15) is 0 Å². The highest BCUT2D eigenvalue weighted by Gasteiger charge is 2.26. The van der Waals surface area contributed by atoms with Crippen LogP contribution in [0.1, 0.15) is 38.5 Å². The molecule has 1 fully saturated rings. The summed E-state index contributed by atoms with van der Waals surface area (Å²) in [7, 11) is -1.17. The Morgan fingerprint density at radius 1 is 1.28 bits per heavy atom. The molecule has 0 bridgehead atoms. The van der Waals surface area contributed by atoms with Gasteiger partial charge in [0.05, 0.1) is 0 Å². The topological polar surface area (TPSA) is 127 Å². The Hall–Kier alpha value is -0.715. The van der Waals surface area contributed by atoms with Crippen molar-refractivity contribution in [3.8, 4) is 0 Å². The summed E-state index contributed by atoms with van der Waals surface area (Å²) in [5.41, 5.74) is 11.9. The van der Waals surface area contributed by atoms with E-state index in [0.717, 1.165) is 38.5 Å². The molecule has 6 nitrogen and oxygen atoms in total. The summed E-state index contributed by atoms with van der Waals surface area (Å²) in [4.78, 5) is 16.2. The van der Waals surface area contributed by atoms with Crippen LogP contribution in [0, 0.1) is 5.92 Å². The van der Waals surface area contributed by atoms with Crippen molar-refractivity contribution in [3.63, 3.8) is 0 Å². The Balaban J connectivity index is 0.000000873. The van der Waals surface area contributed by atoms with Gasteiger partial charge in [0.2, 0.25) is 0 Å². The molecule has 0 aromatic carbocycles. The van der Waals surface area contributed by atoms with Gasteiger partial charge in [-0.2, -0.15) is 9.59 Å². The zero-order valence-electron chi connectivity index (χ0n) is 10.6. The van der Waals surface area contributed by atoms with Crippen molar-refractivity contribution in [3.05, 3.63) is 0 Å². The summed E-state index contributed by atoms with van der Waals surface area (Å²) < 4.78 is 0. The molecule has 104 valence electrons. The summed E-state index contributed by atoms with van der Waals surface area (Å²) in [6.07, 6.45) is 6.82. The van der Waals surface area contributed by atoms with Gasteiger partial charge >= 0.3 is 13.3 Å². The molecule has 0 aromatic rings. The molecule has 0 aromatic heterocycles. The highest BCUT2D eigenvalue weighted by molar-refractivity contribution is 6.40. The number of unbranched alkanes of at least 4 members (excludes halogenated alkanes) is 1. The molecule has 18 heavy (non-hydrogen) atoms. The predicted molar refractivity (Wildman–Crippen MR) is 67.1 cm³/mol. The Kier molecular flexibility index (Phi) is 9.82. The lowest BCUT2D eigenvalue weighted by molar-refractivity contribution is -0.191. The Labute approximate surface area is 108 Å². The van der Waals surface area contributed by atoms with Crippen molar-refractivity contribution >= 4 is 13.3 Å². The zero-order chi connectivity index (χ0) is 14.0. The number of rotatable bonds is 6. The lowest BCUT2D eigenvalue weighted by Crippen LogP contribution is -2.29. The molecule has 7 heteroatoms. The van der Waals surface area contributed by atoms with Crippen molar-refractivity contribution in [1.29, 1.82) is 0 Å². The Morgan fingerprint density at radius 3 is 2.33 bits per heavy atom. The van der Waals surface area contributed by atoms with Crippen LogP contribution in [-0.4, -0.2) is 35.4 Å². The van der Waals surface area contributed by atoms with E-state index < -0.39 is 7.12 Å². The molecule has 0 amide bonds. The van der Waals surface area contributed by atoms with Crippen LogP contribution in [0.3, 0.4) is 0 Å². The van der Waals surface area contributed by atoms with Gasteiger partial charge in [0.25, 0.3) is 0 Å². The largest absolute Gasteiger partial charge is 0.451 e. The molecule has 3 atom stereocenters. The maximum absolute atomic E-state index is 8.67. The average Bonchev–Trinajstić information content (AvgIpc) is 2.72. The fourth-order valence-corrected chi connectivity index (χ4v) is 2.38. The monoisotopic (exact) mass is 258 g/mol. The quantitative estimate of drug-likeness (QED) is 0.376. The SMILES string of the molecule is NC(CCCCB(O)O)[C@H]1CC[C@H](N)C1.O=C=O. The first kappa shape index (κ1) is 17.3. The van der Waals surface area contributed by atoms with E-state index in [2.05, 4.69) is 0 Å². The highest BCUT2D eigenvalue weighted by Crippen LogP contribution is 2.28. The maximum atomic E-state index is 8.67. The minimum absolute atomic E-state index is 0.245. The average molecular weight is 258 g/mol. The second-order valence-corrected chi connectivity index (χ2v) is 4.85. The van der Waals surface area contributed by atoms with E-state index in [1.807, 2.05) is 0 Å². The standard InChI is InChI=1S/C10H23BN2O2.CO2/c12-9-5-4-8(7-9)10(13)3-1-2-6-11(14)15;2-1-3/h8-10,14-15H,1-7,12-13H2;/t8-,9-,10?;/m0./s1. The van der Waals surface area contributed by atoms with E-state index in [0.29, 0.717) is 18.3 Å². The lowest BCUT2D eigenvalue weighted by Gasteiger charge is -2.18. The molecule has 0 heterocycles. The van der Waals surface area contributed by atoms with Crippen LogP contribution in [0.15, 0.2) is 0 Å². The van der Waals surface area contributed by atoms with Crippen molar-refractivity contribution in [2.24, 2.45) is 17.4 Å². The van der Waals surface area contributed by atoms with Crippen LogP contribution < -0.4 is 11.5 Å². The van der Waals surface area contributed by atoms with Crippen LogP contribution in [-0.2, 0) is 9.59 Å². The summed E-state index contributed by atoms with van der Waals surface area (Å²) in [6.45, 7) is 0. The van der Waals surface area contributed by atoms with E-state index in [9.17, 15) is 0 Å². The molecule has 1 saturated carbocycles. The van der Waals surface area contributed by atoms with Gasteiger partial charge in [-0.15, -0.1) is 0 Å². The van der Waals surface area contributed by atoms with E-state index in [1.165, 1.54) is 0 Å². The fraction of sp³-hybridized carbons (Fsp3) is 0.909. The smallest absolute Gasteiger partial charge is 0.427 e. The Morgan fingerprint density at radius 2 is 1.89 bits per heavy atom. The minimum atomic E-state index is -1.17. The second-order valence-electron chi connectivity index (χ2n) is 4.85. The zero-order valence-corrected chi connectivity index (χ0v) is 10.6. The van der Waals surface area contributed by atoms with E-state index in [-0.39, 0.29) is 12.2 Å². The summed E-state index contributed by atoms with van der Waals surface area (Å²) >= 11 is 0. The number of nitrogens with two attached hydrogens (primary N) is 2. The molecular weight excluding hydrogens is 235 g/mol. The van der Waals surface area contributed by atoms with Crippen molar-refractivity contribution in [2.75, 3.05) is 0 Å². The van der Waals surface area contributed by atoms with Crippen molar-refractivity contribution in [1.82, 2.24) is 0 Å². The van der Waals surface area contributed by atoms with Crippen molar-refractivity contribution < 1.29 is 19.6 Å². The van der Waals surface area contributed by atoms with Crippen LogP contribution >= 0.6 is 0 Å². The fourth-order valence-electron chi connectivity index (χ4n) is 2.38. The third kappa shape index (κ3) is 8.39. The first-order valence-corrected chi connectivity index (χ1v) is 6.37. The van der Waals surface area contributed by atoms with Gasteiger partial charge < -0.3 is 21.5 Å². The van der Waals surface area contributed by atoms with E-state index in [1.54, 1.807) is 0 Å². The summed E-state index contributed by atoms with van der Waals surface area (Å²) in [6, 6.07) is 0.592. The van der Waals surface area contributed by atoms with Crippen molar-refractivity contribution in [2.45, 2.75) is 56.9 Å². The van der Waals surface area contributed by atoms with Gasteiger partial charge in [0.15, 0.2) is 0 Å². The molecule has 6 N–H and O–H groups in total. The highest BCUT2D eigenvalue weighted by atomic mass is 16.4. The van der Waals surface area contributed by atoms with Gasteiger partial charge in [0, 0.05) is 12.1 Å². The molecule has 0 spiro atoms. The third-order valence-corrected chi connectivity index (χ3v) is 3.37. The Bertz CT molecular complexity index is 247. The number of carbonyl (C=O) groups excluding carboxylic acids is 2. The van der Waals surface area contributed by atoms with Crippen LogP contribution in [0.25, 0.3) is 0 Å². The molecular formula is C11H23BN2O4. The normalized spacial score (nSPS) is 23.8. The van der Waals surface area contributed by atoms with E-state index >= 15 is 0 Å². The second kappa shape index (κ2) is 10.2. The van der Waals surface area contributed by atoms with Gasteiger partial charge in [-0.05, 0) is 37.9 Å². The summed E-state index contributed by atoms with van der Waals surface area (Å²) in [5, 5.41) is 17.3. The molecule has 1 rings (SSSR count).